The van der Waals surface area contributed by atoms with E-state index in [0.717, 1.165) is 51.5 Å². The third kappa shape index (κ3) is 4.01. The van der Waals surface area contributed by atoms with Crippen molar-refractivity contribution in [3.8, 4) is 0 Å². The van der Waals surface area contributed by atoms with Gasteiger partial charge in [0.05, 0.1) is 6.10 Å². The van der Waals surface area contributed by atoms with E-state index in [-0.39, 0.29) is 58.6 Å². The van der Waals surface area contributed by atoms with Gasteiger partial charge in [0.2, 0.25) is 0 Å². The number of hydrogen-bond acceptors (Lipinski definition) is 6. The molecule has 0 amide bonds. The van der Waals surface area contributed by atoms with Gasteiger partial charge < -0.3 is 20.3 Å². The number of carbonyl (C=O) groups excluding carboxylic acids is 2. The van der Waals surface area contributed by atoms with Gasteiger partial charge in [-0.15, -0.1) is 0 Å². The van der Waals surface area contributed by atoms with Crippen molar-refractivity contribution >= 4 is 11.8 Å². The van der Waals surface area contributed by atoms with Crippen molar-refractivity contribution in [1.29, 1.82) is 0 Å². The van der Waals surface area contributed by atoms with Crippen molar-refractivity contribution in [3.63, 3.8) is 0 Å². The molecule has 4 aliphatic carbocycles. The molecule has 13 atom stereocenters. The van der Waals surface area contributed by atoms with Crippen molar-refractivity contribution < 1.29 is 24.5 Å². The van der Waals surface area contributed by atoms with E-state index in [4.69, 9.17) is 4.74 Å². The maximum absolute atomic E-state index is 12.9. The van der Waals surface area contributed by atoms with Crippen LogP contribution in [0.15, 0.2) is 0 Å². The number of carbonyl (C=O) groups is 2. The molecule has 0 spiro atoms. The number of ketones is 1. The highest BCUT2D eigenvalue weighted by Crippen LogP contribution is 2.68. The fraction of sp³-hybridized carbons (Fsp3) is 0.931. The predicted molar refractivity (Wildman–Crippen MR) is 133 cm³/mol. The van der Waals surface area contributed by atoms with Crippen LogP contribution in [-0.2, 0) is 14.3 Å². The number of Topliss-reactive ketones (excluding diaryl/α,β-unsaturated/α-hetero) is 1. The number of hydrogen-bond donors (Lipinski definition) is 3. The quantitative estimate of drug-likeness (QED) is 0.523. The molecule has 0 radical (unpaired) electrons. The second-order valence-corrected chi connectivity index (χ2v) is 13.6. The third-order valence-corrected chi connectivity index (χ3v) is 11.8. The number of fused-ring (bicyclic) bond motifs is 5. The highest BCUT2D eigenvalue weighted by molar-refractivity contribution is 5.87. The lowest BCUT2D eigenvalue weighted by atomic mass is 9.44. The maximum Gasteiger partial charge on any atom is 0.302 e. The Morgan fingerprint density at radius 3 is 2.46 bits per heavy atom. The van der Waals surface area contributed by atoms with Gasteiger partial charge in [0, 0.05) is 24.8 Å². The molecule has 5 fully saturated rings. The van der Waals surface area contributed by atoms with Crippen LogP contribution in [0.5, 0.6) is 0 Å². The smallest absolute Gasteiger partial charge is 0.302 e. The third-order valence-electron chi connectivity index (χ3n) is 11.8. The topological polar surface area (TPSA) is 95.9 Å². The highest BCUT2D eigenvalue weighted by atomic mass is 16.5. The Morgan fingerprint density at radius 1 is 1.06 bits per heavy atom. The molecule has 13 unspecified atom stereocenters. The predicted octanol–water partition coefficient (Wildman–Crippen LogP) is 3.72. The van der Waals surface area contributed by atoms with Crippen LogP contribution in [-0.4, -0.2) is 52.9 Å². The molecular weight excluding hydrogens is 442 g/mol. The molecule has 0 aromatic rings. The maximum atomic E-state index is 12.9. The fourth-order valence-electron chi connectivity index (χ4n) is 10.3. The molecule has 6 heteroatoms. The van der Waals surface area contributed by atoms with Gasteiger partial charge in [-0.05, 0) is 98.3 Å². The summed E-state index contributed by atoms with van der Waals surface area (Å²) < 4.78 is 6.06. The minimum atomic E-state index is -0.777. The molecule has 0 bridgehead atoms. The molecule has 4 saturated carbocycles. The van der Waals surface area contributed by atoms with Crippen molar-refractivity contribution in [3.05, 3.63) is 0 Å². The number of aliphatic hydroxyl groups excluding tert-OH is 2. The number of ether oxygens (including phenoxy) is 1. The van der Waals surface area contributed by atoms with Crippen molar-refractivity contribution in [2.24, 2.45) is 52.3 Å². The molecule has 1 heterocycles. The summed E-state index contributed by atoms with van der Waals surface area (Å²) in [6.45, 7) is 11.6. The summed E-state index contributed by atoms with van der Waals surface area (Å²) >= 11 is 0. The van der Waals surface area contributed by atoms with Gasteiger partial charge in [0.25, 0.3) is 0 Å². The van der Waals surface area contributed by atoms with Crippen LogP contribution in [0.4, 0.5) is 0 Å². The van der Waals surface area contributed by atoms with Crippen molar-refractivity contribution in [2.45, 2.75) is 110 Å². The van der Waals surface area contributed by atoms with Gasteiger partial charge in [-0.3, -0.25) is 9.59 Å². The molecular formula is C29H47NO5. The van der Waals surface area contributed by atoms with Crippen LogP contribution in [0.3, 0.4) is 0 Å². The summed E-state index contributed by atoms with van der Waals surface area (Å²) in [5.41, 5.74) is 0.0188. The Balaban J connectivity index is 1.44. The number of aliphatic hydroxyl groups is 2. The average Bonchev–Trinajstić information content (AvgIpc) is 3.07. The molecule has 198 valence electrons. The SMILES string of the molecule is CC(=O)OC1CC2C3CCC4C(=O)C(O)CCC4(C)C3CCC2(C)C1C(C)C1NCC(C)CC1O. The van der Waals surface area contributed by atoms with E-state index in [2.05, 4.69) is 33.0 Å². The number of esters is 1. The van der Waals surface area contributed by atoms with Crippen LogP contribution in [0, 0.1) is 52.3 Å². The summed E-state index contributed by atoms with van der Waals surface area (Å²) in [6, 6.07) is 0.0215. The Labute approximate surface area is 211 Å². The Kier molecular flexibility index (Phi) is 6.67. The summed E-state index contributed by atoms with van der Waals surface area (Å²) in [4.78, 5) is 25.1. The fourth-order valence-corrected chi connectivity index (χ4v) is 10.3. The van der Waals surface area contributed by atoms with Gasteiger partial charge in [0.1, 0.15) is 12.2 Å². The van der Waals surface area contributed by atoms with Crippen molar-refractivity contribution in [2.75, 3.05) is 6.54 Å². The first-order chi connectivity index (χ1) is 16.5. The van der Waals surface area contributed by atoms with Gasteiger partial charge in [-0.2, -0.15) is 0 Å². The van der Waals surface area contributed by atoms with Gasteiger partial charge in [-0.25, -0.2) is 0 Å². The van der Waals surface area contributed by atoms with Crippen LogP contribution in [0.25, 0.3) is 0 Å². The Hall–Kier alpha value is -0.980. The normalized spacial score (nSPS) is 52.7. The van der Waals surface area contributed by atoms with Crippen LogP contribution < -0.4 is 5.32 Å². The van der Waals surface area contributed by atoms with E-state index < -0.39 is 6.10 Å². The van der Waals surface area contributed by atoms with Crippen molar-refractivity contribution in [1.82, 2.24) is 5.32 Å². The Bertz CT molecular complexity index is 847. The van der Waals surface area contributed by atoms with Gasteiger partial charge >= 0.3 is 5.97 Å². The second kappa shape index (κ2) is 9.09. The van der Waals surface area contributed by atoms with Crippen LogP contribution in [0.2, 0.25) is 0 Å². The minimum Gasteiger partial charge on any atom is -0.462 e. The summed E-state index contributed by atoms with van der Waals surface area (Å²) in [5.74, 6) is 2.20. The lowest BCUT2D eigenvalue weighted by Gasteiger charge is -2.60. The van der Waals surface area contributed by atoms with E-state index in [1.54, 1.807) is 0 Å². The minimum absolute atomic E-state index is 0.0131. The molecule has 6 nitrogen and oxygen atoms in total. The zero-order valence-corrected chi connectivity index (χ0v) is 22.3. The number of piperidine rings is 1. The first-order valence-electron chi connectivity index (χ1n) is 14.3. The molecule has 0 aromatic carbocycles. The lowest BCUT2D eigenvalue weighted by molar-refractivity contribution is -0.161. The lowest BCUT2D eigenvalue weighted by Crippen LogP contribution is -2.58. The van der Waals surface area contributed by atoms with Gasteiger partial charge in [-0.1, -0.05) is 27.7 Å². The number of nitrogens with one attached hydrogen (secondary N) is 1. The molecule has 3 N–H and O–H groups in total. The molecule has 1 aliphatic heterocycles. The zero-order valence-electron chi connectivity index (χ0n) is 22.3. The molecule has 5 aliphatic rings. The largest absolute Gasteiger partial charge is 0.462 e. The summed E-state index contributed by atoms with van der Waals surface area (Å²) in [6.07, 6.45) is 6.03. The van der Waals surface area contributed by atoms with E-state index in [0.29, 0.717) is 30.1 Å². The second-order valence-electron chi connectivity index (χ2n) is 13.6. The highest BCUT2D eigenvalue weighted by Gasteiger charge is 2.65. The molecule has 1 saturated heterocycles. The summed E-state index contributed by atoms with van der Waals surface area (Å²) in [5, 5.41) is 24.9. The van der Waals surface area contributed by atoms with E-state index in [1.807, 2.05) is 0 Å². The monoisotopic (exact) mass is 489 g/mol. The van der Waals surface area contributed by atoms with Crippen LogP contribution >= 0.6 is 0 Å². The van der Waals surface area contributed by atoms with E-state index in [1.165, 1.54) is 6.92 Å². The van der Waals surface area contributed by atoms with Gasteiger partial charge in [0.15, 0.2) is 5.78 Å². The van der Waals surface area contributed by atoms with E-state index in [9.17, 15) is 19.8 Å². The first kappa shape index (κ1) is 25.7. The molecule has 0 aromatic heterocycles. The summed E-state index contributed by atoms with van der Waals surface area (Å²) in [7, 11) is 0. The number of rotatable bonds is 3. The van der Waals surface area contributed by atoms with Crippen LogP contribution in [0.1, 0.15) is 86.0 Å². The molecule has 5 rings (SSSR count). The molecule has 35 heavy (non-hydrogen) atoms. The first-order valence-corrected chi connectivity index (χ1v) is 14.3. The van der Waals surface area contributed by atoms with E-state index >= 15 is 0 Å². The Morgan fingerprint density at radius 2 is 1.77 bits per heavy atom. The standard InChI is InChI=1S/C29H47NO5/c1-15-12-23(33)26(30-14-15)16(2)25-24(35-17(3)31)13-21-18-6-7-20-27(34)22(32)9-11-28(20,4)19(18)8-10-29(21,25)5/h15-16,18-26,30,32-33H,6-14H2,1-5H3. The zero-order chi connectivity index (χ0) is 25.3. The average molecular weight is 490 g/mol.